The maximum absolute atomic E-state index is 13.3. The van der Waals surface area contributed by atoms with Crippen LogP contribution in [0.2, 0.25) is 0 Å². The van der Waals surface area contributed by atoms with Gasteiger partial charge >= 0.3 is 6.09 Å². The number of carbonyl (C=O) groups is 3. The van der Waals surface area contributed by atoms with Gasteiger partial charge in [-0.25, -0.2) is 14.8 Å². The van der Waals surface area contributed by atoms with Crippen LogP contribution in [0.5, 0.6) is 0 Å². The average molecular weight is 605 g/mol. The molecule has 1 N–H and O–H groups in total. The second kappa shape index (κ2) is 12.8. The minimum Gasteiger partial charge on any atom is -0.444 e. The summed E-state index contributed by atoms with van der Waals surface area (Å²) < 4.78 is 7.52. The van der Waals surface area contributed by atoms with Gasteiger partial charge in [0.25, 0.3) is 11.8 Å². The van der Waals surface area contributed by atoms with Crippen LogP contribution in [-0.4, -0.2) is 97.0 Å². The Morgan fingerprint density at radius 3 is 2.36 bits per heavy atom. The Morgan fingerprint density at radius 2 is 1.73 bits per heavy atom. The van der Waals surface area contributed by atoms with Gasteiger partial charge in [-0.2, -0.15) is 4.98 Å². The third-order valence-corrected chi connectivity index (χ3v) is 8.12. The molecule has 0 aromatic carbocycles. The van der Waals surface area contributed by atoms with E-state index in [9.17, 15) is 14.4 Å². The van der Waals surface area contributed by atoms with Gasteiger partial charge < -0.3 is 29.3 Å². The van der Waals surface area contributed by atoms with Crippen LogP contribution < -0.4 is 5.32 Å². The molecule has 0 saturated carbocycles. The molecular formula is C32H44N8O4. The number of amides is 3. The predicted octanol–water partition coefficient (Wildman–Crippen LogP) is 5.08. The third kappa shape index (κ3) is 6.79. The fourth-order valence-electron chi connectivity index (χ4n) is 5.94. The molecule has 2 unspecified atom stereocenters. The lowest BCUT2D eigenvalue weighted by Crippen LogP contribution is -2.51. The number of pyridine rings is 1. The second-order valence-corrected chi connectivity index (χ2v) is 13.0. The van der Waals surface area contributed by atoms with E-state index in [1.165, 1.54) is 19.3 Å². The van der Waals surface area contributed by atoms with Crippen LogP contribution in [0.25, 0.3) is 11.0 Å². The van der Waals surface area contributed by atoms with Gasteiger partial charge in [-0.1, -0.05) is 32.6 Å². The molecule has 3 aromatic rings. The Labute approximate surface area is 258 Å². The Hall–Kier alpha value is -4.22. The smallest absolute Gasteiger partial charge is 0.410 e. The number of piperazine rings is 1. The first-order valence-electron chi connectivity index (χ1n) is 15.6. The maximum Gasteiger partial charge on any atom is 0.410 e. The van der Waals surface area contributed by atoms with E-state index in [1.807, 2.05) is 36.3 Å². The van der Waals surface area contributed by atoms with Gasteiger partial charge in [0.15, 0.2) is 0 Å². The first-order chi connectivity index (χ1) is 20.9. The van der Waals surface area contributed by atoms with E-state index >= 15 is 0 Å². The summed E-state index contributed by atoms with van der Waals surface area (Å²) >= 11 is 0. The zero-order chi connectivity index (χ0) is 31.6. The second-order valence-electron chi connectivity index (χ2n) is 13.0. The quantitative estimate of drug-likeness (QED) is 0.318. The Balaban J connectivity index is 1.25. The number of likely N-dealkylation sites (tertiary alicyclic amines) is 2. The minimum absolute atomic E-state index is 0.0369. The topological polar surface area (TPSA) is 126 Å². The number of unbranched alkanes of at least 4 members (excludes halogenated alkanes) is 4. The Kier molecular flexibility index (Phi) is 9.07. The van der Waals surface area contributed by atoms with Crippen molar-refractivity contribution < 1.29 is 19.1 Å². The molecule has 3 amide bonds. The SMILES string of the molecule is CCCCCCCn1c(C(=O)N(C)C)cc2cnc(Nc3ccc(C(=O)N4CC5CC4CN5C(=O)OC(C)(C)C)cn3)nc21. The third-order valence-electron chi connectivity index (χ3n) is 8.12. The molecule has 2 saturated heterocycles. The van der Waals surface area contributed by atoms with Gasteiger partial charge in [-0.15, -0.1) is 0 Å². The fourth-order valence-corrected chi connectivity index (χ4v) is 5.94. The normalized spacial score (nSPS) is 17.8. The standard InChI is InChI=1S/C32H44N8O4/c1-7-8-9-10-11-14-38-25(29(42)37(5)6)15-22-18-34-30(36-27(22)38)35-26-13-12-21(17-33-26)28(41)39-19-24-16-23(39)20-40(24)31(43)44-32(2,3)4/h12-13,15,17-18,23-24H,7-11,14,16,19-20H2,1-6H3,(H,33,34,35,36). The molecule has 2 aliphatic rings. The van der Waals surface area contributed by atoms with E-state index in [4.69, 9.17) is 9.72 Å². The van der Waals surface area contributed by atoms with Crippen molar-refractivity contribution in [3.63, 3.8) is 0 Å². The van der Waals surface area contributed by atoms with E-state index in [0.717, 1.165) is 24.6 Å². The van der Waals surface area contributed by atoms with Crippen molar-refractivity contribution in [1.82, 2.24) is 34.2 Å². The number of aryl methyl sites for hydroxylation is 1. The molecule has 3 aromatic heterocycles. The highest BCUT2D eigenvalue weighted by atomic mass is 16.6. The number of hydrogen-bond acceptors (Lipinski definition) is 8. The highest BCUT2D eigenvalue weighted by molar-refractivity contribution is 5.98. The summed E-state index contributed by atoms with van der Waals surface area (Å²) in [6.45, 7) is 9.39. The zero-order valence-electron chi connectivity index (χ0n) is 26.7. The van der Waals surface area contributed by atoms with Crippen molar-refractivity contribution in [2.45, 2.75) is 90.4 Å². The van der Waals surface area contributed by atoms with E-state index < -0.39 is 5.60 Å². The number of nitrogens with one attached hydrogen (secondary N) is 1. The monoisotopic (exact) mass is 604 g/mol. The molecule has 0 radical (unpaired) electrons. The summed E-state index contributed by atoms with van der Waals surface area (Å²) in [6.07, 6.45) is 9.29. The van der Waals surface area contributed by atoms with E-state index in [0.29, 0.717) is 48.3 Å². The van der Waals surface area contributed by atoms with E-state index in [-0.39, 0.29) is 30.0 Å². The molecule has 44 heavy (non-hydrogen) atoms. The first-order valence-corrected chi connectivity index (χ1v) is 15.6. The highest BCUT2D eigenvalue weighted by Gasteiger charge is 2.48. The number of ether oxygens (including phenoxy) is 1. The Morgan fingerprint density at radius 1 is 1.00 bits per heavy atom. The molecule has 2 aliphatic heterocycles. The average Bonchev–Trinajstić information content (AvgIpc) is 3.69. The van der Waals surface area contributed by atoms with Crippen LogP contribution in [0.15, 0.2) is 30.6 Å². The lowest BCUT2D eigenvalue weighted by Gasteiger charge is -2.35. The van der Waals surface area contributed by atoms with Crippen LogP contribution in [0, 0.1) is 0 Å². The lowest BCUT2D eigenvalue weighted by atomic mass is 10.1. The van der Waals surface area contributed by atoms with E-state index in [1.54, 1.807) is 48.4 Å². The summed E-state index contributed by atoms with van der Waals surface area (Å²) in [5.74, 6) is 0.684. The Bertz CT molecular complexity index is 1510. The van der Waals surface area contributed by atoms with Gasteiger partial charge in [0, 0.05) is 51.5 Å². The largest absolute Gasteiger partial charge is 0.444 e. The van der Waals surface area contributed by atoms with Crippen LogP contribution in [0.4, 0.5) is 16.6 Å². The number of aromatic nitrogens is 4. The molecule has 2 atom stereocenters. The number of nitrogens with zero attached hydrogens (tertiary/aromatic N) is 7. The number of fused-ring (bicyclic) bond motifs is 3. The fraction of sp³-hybridized carbons (Fsp3) is 0.562. The van der Waals surface area contributed by atoms with Gasteiger partial charge in [0.2, 0.25) is 5.95 Å². The molecule has 2 bridgehead atoms. The van der Waals surface area contributed by atoms with Crippen molar-refractivity contribution in [3.05, 3.63) is 41.9 Å². The van der Waals surface area contributed by atoms with Crippen LogP contribution in [-0.2, 0) is 11.3 Å². The number of carbonyl (C=O) groups excluding carboxylic acids is 3. The van der Waals surface area contributed by atoms with Gasteiger partial charge in [0.1, 0.15) is 22.8 Å². The van der Waals surface area contributed by atoms with Crippen molar-refractivity contribution in [2.75, 3.05) is 32.5 Å². The van der Waals surface area contributed by atoms with Crippen molar-refractivity contribution in [2.24, 2.45) is 0 Å². The number of anilines is 2. The molecule has 12 nitrogen and oxygen atoms in total. The van der Waals surface area contributed by atoms with Gasteiger partial charge in [-0.3, -0.25) is 9.59 Å². The van der Waals surface area contributed by atoms with Crippen molar-refractivity contribution in [1.29, 1.82) is 0 Å². The number of rotatable bonds is 10. The first kappa shape index (κ1) is 31.2. The summed E-state index contributed by atoms with van der Waals surface area (Å²) in [5.41, 5.74) is 1.21. The lowest BCUT2D eigenvalue weighted by molar-refractivity contribution is 0.0126. The molecule has 236 valence electrons. The summed E-state index contributed by atoms with van der Waals surface area (Å²) in [6, 6.07) is 5.24. The highest BCUT2D eigenvalue weighted by Crippen LogP contribution is 2.33. The predicted molar refractivity (Wildman–Crippen MR) is 168 cm³/mol. The minimum atomic E-state index is -0.557. The summed E-state index contributed by atoms with van der Waals surface area (Å²) in [4.78, 5) is 57.6. The van der Waals surface area contributed by atoms with Crippen molar-refractivity contribution in [3.8, 4) is 0 Å². The molecule has 0 spiro atoms. The maximum atomic E-state index is 13.3. The molecule has 5 rings (SSSR count). The molecule has 0 aliphatic carbocycles. The van der Waals surface area contributed by atoms with Crippen LogP contribution >= 0.6 is 0 Å². The number of hydrogen-bond donors (Lipinski definition) is 1. The molecule has 5 heterocycles. The van der Waals surface area contributed by atoms with Gasteiger partial charge in [0.05, 0.1) is 17.6 Å². The van der Waals surface area contributed by atoms with Crippen molar-refractivity contribution >= 4 is 40.7 Å². The zero-order valence-corrected chi connectivity index (χ0v) is 26.7. The molecular weight excluding hydrogens is 560 g/mol. The summed E-state index contributed by atoms with van der Waals surface area (Å²) in [7, 11) is 3.49. The van der Waals surface area contributed by atoms with Gasteiger partial charge in [-0.05, 0) is 51.8 Å². The molecule has 12 heteroatoms. The molecule has 2 fully saturated rings. The van der Waals surface area contributed by atoms with Crippen LogP contribution in [0.1, 0.15) is 87.1 Å². The van der Waals surface area contributed by atoms with E-state index in [2.05, 4.69) is 22.2 Å². The van der Waals surface area contributed by atoms with Crippen LogP contribution in [0.3, 0.4) is 0 Å². The summed E-state index contributed by atoms with van der Waals surface area (Å²) in [5, 5.41) is 3.94.